The summed E-state index contributed by atoms with van der Waals surface area (Å²) >= 11 is 0. The standard InChI is InChI=1S/C14H28/c1-8-11-12(13(11,5)6)14(7,9-2)10(3)4/h10-12H,8-9H2,1-7H3. The van der Waals surface area contributed by atoms with Crippen molar-refractivity contribution < 1.29 is 0 Å². The van der Waals surface area contributed by atoms with Crippen LogP contribution in [0.25, 0.3) is 0 Å². The zero-order valence-electron chi connectivity index (χ0n) is 11.1. The Hall–Kier alpha value is 0. The molecule has 3 atom stereocenters. The van der Waals surface area contributed by atoms with Crippen molar-refractivity contribution in [2.45, 2.75) is 61.3 Å². The van der Waals surface area contributed by atoms with Gasteiger partial charge in [-0.3, -0.25) is 0 Å². The van der Waals surface area contributed by atoms with E-state index in [0.29, 0.717) is 10.8 Å². The SMILES string of the molecule is CCC1C(C(C)(CC)C(C)C)C1(C)C. The van der Waals surface area contributed by atoms with Crippen LogP contribution < -0.4 is 0 Å². The molecule has 0 amide bonds. The fourth-order valence-electron chi connectivity index (χ4n) is 3.80. The fourth-order valence-corrected chi connectivity index (χ4v) is 3.80. The topological polar surface area (TPSA) is 0 Å². The van der Waals surface area contributed by atoms with Gasteiger partial charge in [0.1, 0.15) is 0 Å². The van der Waals surface area contributed by atoms with Crippen molar-refractivity contribution in [1.29, 1.82) is 0 Å². The van der Waals surface area contributed by atoms with Crippen molar-refractivity contribution in [1.82, 2.24) is 0 Å². The average Bonchev–Trinajstić information content (AvgIpc) is 2.66. The number of hydrogen-bond donors (Lipinski definition) is 0. The highest BCUT2D eigenvalue weighted by Crippen LogP contribution is 2.69. The molecule has 84 valence electrons. The zero-order chi connectivity index (χ0) is 11.1. The predicted octanol–water partition coefficient (Wildman–Crippen LogP) is 4.74. The van der Waals surface area contributed by atoms with Crippen LogP contribution in [0.2, 0.25) is 0 Å². The molecule has 0 spiro atoms. The summed E-state index contributed by atoms with van der Waals surface area (Å²) in [5.74, 6) is 2.73. The van der Waals surface area contributed by atoms with Crippen LogP contribution in [0.1, 0.15) is 61.3 Å². The predicted molar refractivity (Wildman–Crippen MR) is 64.3 cm³/mol. The molecule has 1 aliphatic carbocycles. The third-order valence-corrected chi connectivity index (χ3v) is 5.28. The van der Waals surface area contributed by atoms with Gasteiger partial charge in [0.2, 0.25) is 0 Å². The summed E-state index contributed by atoms with van der Waals surface area (Å²) in [4.78, 5) is 0. The molecule has 0 radical (unpaired) electrons. The molecule has 0 aliphatic heterocycles. The van der Waals surface area contributed by atoms with E-state index in [1.54, 1.807) is 0 Å². The van der Waals surface area contributed by atoms with Gasteiger partial charge in [0.25, 0.3) is 0 Å². The van der Waals surface area contributed by atoms with Crippen molar-refractivity contribution in [2.24, 2.45) is 28.6 Å². The van der Waals surface area contributed by atoms with Crippen molar-refractivity contribution in [3.05, 3.63) is 0 Å². The smallest absolute Gasteiger partial charge is 0.0269 e. The lowest BCUT2D eigenvalue weighted by atomic mass is 9.70. The molecule has 0 N–H and O–H groups in total. The summed E-state index contributed by atoms with van der Waals surface area (Å²) in [6.45, 7) is 16.9. The zero-order valence-corrected chi connectivity index (χ0v) is 11.1. The largest absolute Gasteiger partial charge is 0.0651 e. The van der Waals surface area contributed by atoms with Crippen LogP contribution in [0, 0.1) is 28.6 Å². The van der Waals surface area contributed by atoms with Gasteiger partial charge in [-0.2, -0.15) is 0 Å². The molecule has 0 heteroatoms. The first kappa shape index (κ1) is 12.1. The Bertz CT molecular complexity index is 202. The second-order valence-corrected chi connectivity index (χ2v) is 6.33. The maximum atomic E-state index is 2.50. The maximum Gasteiger partial charge on any atom is -0.0269 e. The van der Waals surface area contributed by atoms with Crippen LogP contribution in [-0.4, -0.2) is 0 Å². The number of rotatable bonds is 4. The van der Waals surface area contributed by atoms with E-state index in [-0.39, 0.29) is 0 Å². The summed E-state index contributed by atoms with van der Waals surface area (Å²) in [5.41, 5.74) is 1.16. The summed E-state index contributed by atoms with van der Waals surface area (Å²) in [6, 6.07) is 0. The molecule has 1 rings (SSSR count). The van der Waals surface area contributed by atoms with Gasteiger partial charge in [-0.25, -0.2) is 0 Å². The van der Waals surface area contributed by atoms with Crippen LogP contribution >= 0.6 is 0 Å². The Labute approximate surface area is 90.5 Å². The summed E-state index contributed by atoms with van der Waals surface area (Å²) < 4.78 is 0. The normalized spacial score (nSPS) is 34.3. The van der Waals surface area contributed by atoms with E-state index in [2.05, 4.69) is 48.5 Å². The molecule has 0 aromatic heterocycles. The third kappa shape index (κ3) is 1.51. The van der Waals surface area contributed by atoms with Crippen LogP contribution in [0.4, 0.5) is 0 Å². The van der Waals surface area contributed by atoms with Crippen molar-refractivity contribution in [2.75, 3.05) is 0 Å². The molecular formula is C14H28. The first-order chi connectivity index (χ1) is 6.32. The summed E-state index contributed by atoms with van der Waals surface area (Å²) in [7, 11) is 0. The highest BCUT2D eigenvalue weighted by Gasteiger charge is 2.63. The second-order valence-electron chi connectivity index (χ2n) is 6.33. The van der Waals surface area contributed by atoms with E-state index in [0.717, 1.165) is 17.8 Å². The maximum absolute atomic E-state index is 2.50. The van der Waals surface area contributed by atoms with Gasteiger partial charge in [0.15, 0.2) is 0 Å². The fraction of sp³-hybridized carbons (Fsp3) is 1.00. The Morgan fingerprint density at radius 3 is 1.93 bits per heavy atom. The molecule has 0 aromatic carbocycles. The Morgan fingerprint density at radius 1 is 1.21 bits per heavy atom. The lowest BCUT2D eigenvalue weighted by Gasteiger charge is -2.35. The minimum atomic E-state index is 0.560. The van der Waals surface area contributed by atoms with E-state index in [1.165, 1.54) is 12.8 Å². The van der Waals surface area contributed by atoms with Gasteiger partial charge in [0.05, 0.1) is 0 Å². The monoisotopic (exact) mass is 196 g/mol. The number of hydrogen-bond acceptors (Lipinski definition) is 0. The van der Waals surface area contributed by atoms with E-state index < -0.39 is 0 Å². The van der Waals surface area contributed by atoms with E-state index in [4.69, 9.17) is 0 Å². The minimum Gasteiger partial charge on any atom is -0.0651 e. The molecule has 1 fully saturated rings. The van der Waals surface area contributed by atoms with Gasteiger partial charge >= 0.3 is 0 Å². The van der Waals surface area contributed by atoms with Crippen LogP contribution in [0.5, 0.6) is 0 Å². The van der Waals surface area contributed by atoms with Crippen molar-refractivity contribution >= 4 is 0 Å². The Kier molecular flexibility index (Phi) is 3.05. The van der Waals surface area contributed by atoms with Crippen molar-refractivity contribution in [3.63, 3.8) is 0 Å². The molecule has 0 bridgehead atoms. The van der Waals surface area contributed by atoms with E-state index in [9.17, 15) is 0 Å². The third-order valence-electron chi connectivity index (χ3n) is 5.28. The molecule has 0 aromatic rings. The van der Waals surface area contributed by atoms with Crippen LogP contribution in [0.3, 0.4) is 0 Å². The molecule has 0 nitrogen and oxygen atoms in total. The molecule has 0 saturated heterocycles. The molecular weight excluding hydrogens is 168 g/mol. The molecule has 1 saturated carbocycles. The molecule has 3 unspecified atom stereocenters. The van der Waals surface area contributed by atoms with Crippen molar-refractivity contribution in [3.8, 4) is 0 Å². The molecule has 14 heavy (non-hydrogen) atoms. The van der Waals surface area contributed by atoms with E-state index in [1.807, 2.05) is 0 Å². The highest BCUT2D eigenvalue weighted by atomic mass is 14.7. The van der Waals surface area contributed by atoms with Gasteiger partial charge < -0.3 is 0 Å². The lowest BCUT2D eigenvalue weighted by molar-refractivity contribution is 0.142. The Morgan fingerprint density at radius 2 is 1.71 bits per heavy atom. The van der Waals surface area contributed by atoms with Gasteiger partial charge in [-0.1, -0.05) is 61.3 Å². The average molecular weight is 196 g/mol. The first-order valence-corrected chi connectivity index (χ1v) is 6.32. The highest BCUT2D eigenvalue weighted by molar-refractivity contribution is 5.11. The molecule has 0 heterocycles. The second kappa shape index (κ2) is 3.54. The Balaban J connectivity index is 2.84. The van der Waals surface area contributed by atoms with Crippen LogP contribution in [0.15, 0.2) is 0 Å². The van der Waals surface area contributed by atoms with Crippen LogP contribution in [-0.2, 0) is 0 Å². The minimum absolute atomic E-state index is 0.560. The van der Waals surface area contributed by atoms with Gasteiger partial charge in [-0.15, -0.1) is 0 Å². The van der Waals surface area contributed by atoms with E-state index >= 15 is 0 Å². The quantitative estimate of drug-likeness (QED) is 0.609. The first-order valence-electron chi connectivity index (χ1n) is 6.32. The summed E-state index contributed by atoms with van der Waals surface area (Å²) in [6.07, 6.45) is 2.69. The lowest BCUT2D eigenvalue weighted by Crippen LogP contribution is -2.27. The van der Waals surface area contributed by atoms with Gasteiger partial charge in [0, 0.05) is 0 Å². The van der Waals surface area contributed by atoms with Gasteiger partial charge in [-0.05, 0) is 28.6 Å². The molecule has 1 aliphatic rings. The summed E-state index contributed by atoms with van der Waals surface area (Å²) in [5, 5.41) is 0.